The third kappa shape index (κ3) is 3.94. The lowest BCUT2D eigenvalue weighted by molar-refractivity contribution is -0.121. The van der Waals surface area contributed by atoms with E-state index < -0.39 is 36.9 Å². The van der Waals surface area contributed by atoms with Gasteiger partial charge in [-0.25, -0.2) is 13.2 Å². The van der Waals surface area contributed by atoms with E-state index in [1.165, 1.54) is 31.5 Å². The van der Waals surface area contributed by atoms with Gasteiger partial charge in [0.25, 0.3) is 6.43 Å². The van der Waals surface area contributed by atoms with Crippen LogP contribution in [-0.4, -0.2) is 38.2 Å². The van der Waals surface area contributed by atoms with Crippen LogP contribution >= 0.6 is 7.14 Å². The molecule has 0 spiro atoms. The summed E-state index contributed by atoms with van der Waals surface area (Å²) in [5.41, 5.74) is -0.938. The minimum Gasteiger partial charge on any atom is -0.347 e. The maximum atomic E-state index is 15.3. The first kappa shape index (κ1) is 21.1. The van der Waals surface area contributed by atoms with Gasteiger partial charge in [-0.1, -0.05) is 24.3 Å². The van der Waals surface area contributed by atoms with Crippen LogP contribution in [0.25, 0.3) is 11.1 Å². The molecule has 9 heteroatoms. The highest BCUT2D eigenvalue weighted by Gasteiger charge is 2.36. The molecule has 1 fully saturated rings. The molecule has 1 N–H and O–H groups in total. The van der Waals surface area contributed by atoms with Crippen molar-refractivity contribution in [2.45, 2.75) is 18.9 Å². The van der Waals surface area contributed by atoms with Crippen molar-refractivity contribution >= 4 is 30.5 Å². The van der Waals surface area contributed by atoms with Gasteiger partial charge in [-0.3, -0.25) is 9.59 Å². The molecule has 29 heavy (non-hydrogen) atoms. The second-order valence-electron chi connectivity index (χ2n) is 7.14. The maximum Gasteiger partial charge on any atom is 0.268 e. The highest BCUT2D eigenvalue weighted by Crippen LogP contribution is 2.42. The molecule has 0 aliphatic carbocycles. The van der Waals surface area contributed by atoms with Gasteiger partial charge in [0.2, 0.25) is 12.3 Å². The highest BCUT2D eigenvalue weighted by atomic mass is 31.2. The molecule has 1 aliphatic rings. The number of nitrogens with zero attached hydrogens (tertiary/aromatic N) is 1. The summed E-state index contributed by atoms with van der Waals surface area (Å²) < 4.78 is 55.6. The zero-order valence-electron chi connectivity index (χ0n) is 15.9. The predicted molar refractivity (Wildman–Crippen MR) is 106 cm³/mol. The molecular weight excluding hydrogens is 404 g/mol. The molecule has 0 radical (unpaired) electrons. The number of nitrogens with one attached hydrogen (secondary N) is 1. The van der Waals surface area contributed by atoms with E-state index >= 15 is 4.39 Å². The fourth-order valence-corrected chi connectivity index (χ4v) is 4.78. The molecular formula is C20H20F3N2O3P. The van der Waals surface area contributed by atoms with Crippen molar-refractivity contribution in [1.82, 2.24) is 5.32 Å². The Morgan fingerprint density at radius 1 is 1.17 bits per heavy atom. The Morgan fingerprint density at radius 3 is 2.48 bits per heavy atom. The number of hydrogen-bond acceptors (Lipinski definition) is 3. The fraction of sp³-hybridized carbons (Fsp3) is 0.300. The minimum absolute atomic E-state index is 0.0819. The van der Waals surface area contributed by atoms with Crippen molar-refractivity contribution in [2.24, 2.45) is 0 Å². The number of amides is 2. The second kappa shape index (κ2) is 8.03. The highest BCUT2D eigenvalue weighted by molar-refractivity contribution is 7.70. The van der Waals surface area contributed by atoms with E-state index in [1.807, 2.05) is 0 Å². The smallest absolute Gasteiger partial charge is 0.268 e. The fourth-order valence-electron chi connectivity index (χ4n) is 3.56. The lowest BCUT2D eigenvalue weighted by Gasteiger charge is -2.22. The van der Waals surface area contributed by atoms with Crippen molar-refractivity contribution in [3.8, 4) is 11.1 Å². The zero-order valence-corrected chi connectivity index (χ0v) is 16.8. The zero-order chi connectivity index (χ0) is 21.3. The van der Waals surface area contributed by atoms with E-state index in [0.29, 0.717) is 11.7 Å². The molecule has 0 saturated carbocycles. The number of anilines is 1. The van der Waals surface area contributed by atoms with E-state index in [-0.39, 0.29) is 29.8 Å². The summed E-state index contributed by atoms with van der Waals surface area (Å²) in [6, 6.07) is 8.16. The van der Waals surface area contributed by atoms with Crippen molar-refractivity contribution < 1.29 is 27.3 Å². The summed E-state index contributed by atoms with van der Waals surface area (Å²) in [5.74, 6) is -1.73. The lowest BCUT2D eigenvalue weighted by Crippen LogP contribution is -2.38. The first-order valence-electron chi connectivity index (χ1n) is 8.93. The average Bonchev–Trinajstić information content (AvgIpc) is 3.01. The third-order valence-corrected chi connectivity index (χ3v) is 6.47. The van der Waals surface area contributed by atoms with Gasteiger partial charge in [0.05, 0.1) is 11.3 Å². The first-order valence-corrected chi connectivity index (χ1v) is 11.5. The van der Waals surface area contributed by atoms with Gasteiger partial charge in [-0.15, -0.1) is 0 Å². The molecule has 0 bridgehead atoms. The summed E-state index contributed by atoms with van der Waals surface area (Å²) in [5, 5.41) is 2.72. The predicted octanol–water partition coefficient (Wildman–Crippen LogP) is 3.53. The minimum atomic E-state index is -3.17. The normalized spacial score (nSPS) is 17.1. The van der Waals surface area contributed by atoms with Gasteiger partial charge in [-0.2, -0.15) is 0 Å². The van der Waals surface area contributed by atoms with Crippen LogP contribution in [0, 0.1) is 5.82 Å². The van der Waals surface area contributed by atoms with Crippen LogP contribution in [-0.2, 0) is 14.2 Å². The maximum absolute atomic E-state index is 15.3. The van der Waals surface area contributed by atoms with E-state index in [9.17, 15) is 22.9 Å². The average molecular weight is 424 g/mol. The van der Waals surface area contributed by atoms with Gasteiger partial charge < -0.3 is 14.8 Å². The van der Waals surface area contributed by atoms with Crippen LogP contribution in [0.4, 0.5) is 18.9 Å². The molecule has 1 heterocycles. The van der Waals surface area contributed by atoms with Gasteiger partial charge in [-0.05, 0) is 37.4 Å². The number of alkyl halides is 2. The Hall–Kier alpha value is -2.60. The molecule has 1 aliphatic heterocycles. The Kier molecular flexibility index (Phi) is 5.85. The summed E-state index contributed by atoms with van der Waals surface area (Å²) in [6.45, 7) is 3.13. The topological polar surface area (TPSA) is 66.5 Å². The van der Waals surface area contributed by atoms with Crippen molar-refractivity contribution in [1.29, 1.82) is 0 Å². The standard InChI is InChI=1S/C20H20F3N2O3P/c1-29(2,28)16-6-4-3-5-12(16)13-7-8-15(17(18(13)21)19(22)23)25-10-9-14(20(25)27)24-11-26/h3-8,11,14,19H,9-10H2,1-2H3,(H,24,26). The van der Waals surface area contributed by atoms with Crippen LogP contribution in [0.15, 0.2) is 36.4 Å². The number of benzene rings is 2. The molecule has 1 unspecified atom stereocenters. The van der Waals surface area contributed by atoms with Gasteiger partial charge >= 0.3 is 0 Å². The Labute approximate surface area is 166 Å². The monoisotopic (exact) mass is 424 g/mol. The van der Waals surface area contributed by atoms with Gasteiger partial charge in [0.15, 0.2) is 0 Å². The summed E-state index contributed by atoms with van der Waals surface area (Å²) in [6.07, 6.45) is -2.56. The van der Waals surface area contributed by atoms with Gasteiger partial charge in [0, 0.05) is 17.4 Å². The molecule has 2 aromatic rings. The van der Waals surface area contributed by atoms with Gasteiger partial charge in [0.1, 0.15) is 19.0 Å². The van der Waals surface area contributed by atoms with E-state index in [0.717, 1.165) is 4.90 Å². The number of rotatable bonds is 6. The Balaban J connectivity index is 2.14. The summed E-state index contributed by atoms with van der Waals surface area (Å²) >= 11 is 0. The first-order chi connectivity index (χ1) is 13.7. The lowest BCUT2D eigenvalue weighted by atomic mass is 10.00. The number of halogens is 3. The van der Waals surface area contributed by atoms with E-state index in [2.05, 4.69) is 5.32 Å². The molecule has 3 rings (SSSR count). The SMILES string of the molecule is CP(C)(=O)c1ccccc1-c1ccc(N2CCC(NC=O)C2=O)c(C(F)F)c1F. The van der Waals surface area contributed by atoms with Crippen molar-refractivity contribution in [3.05, 3.63) is 47.8 Å². The summed E-state index contributed by atoms with van der Waals surface area (Å²) in [7, 11) is -2.80. The number of hydrogen-bond donors (Lipinski definition) is 1. The van der Waals surface area contributed by atoms with E-state index in [4.69, 9.17) is 0 Å². The van der Waals surface area contributed by atoms with Crippen LogP contribution in [0.1, 0.15) is 18.4 Å². The molecule has 0 aromatic heterocycles. The largest absolute Gasteiger partial charge is 0.347 e. The van der Waals surface area contributed by atoms with Crippen LogP contribution in [0.2, 0.25) is 0 Å². The molecule has 1 saturated heterocycles. The summed E-state index contributed by atoms with van der Waals surface area (Å²) in [4.78, 5) is 24.1. The van der Waals surface area contributed by atoms with E-state index in [1.54, 1.807) is 18.2 Å². The van der Waals surface area contributed by atoms with Crippen LogP contribution in [0.3, 0.4) is 0 Å². The van der Waals surface area contributed by atoms with Crippen molar-refractivity contribution in [3.63, 3.8) is 0 Å². The molecule has 2 amide bonds. The number of carbonyl (C=O) groups is 2. The number of carbonyl (C=O) groups excluding carboxylic acids is 2. The van der Waals surface area contributed by atoms with Crippen LogP contribution in [0.5, 0.6) is 0 Å². The molecule has 2 aromatic carbocycles. The second-order valence-corrected chi connectivity index (χ2v) is 10.3. The quantitative estimate of drug-likeness (QED) is 0.570. The van der Waals surface area contributed by atoms with Crippen LogP contribution < -0.4 is 15.5 Å². The molecule has 154 valence electrons. The third-order valence-electron chi connectivity index (χ3n) is 4.91. The molecule has 1 atom stereocenters. The Morgan fingerprint density at radius 2 is 1.86 bits per heavy atom. The Bertz CT molecular complexity index is 1010. The molecule has 5 nitrogen and oxygen atoms in total. The van der Waals surface area contributed by atoms with Crippen molar-refractivity contribution in [2.75, 3.05) is 24.8 Å².